The van der Waals surface area contributed by atoms with E-state index < -0.39 is 10.0 Å². The van der Waals surface area contributed by atoms with Gasteiger partial charge in [-0.25, -0.2) is 8.42 Å². The quantitative estimate of drug-likeness (QED) is 0.850. The maximum absolute atomic E-state index is 12.1. The number of carbonyl (C=O) groups excluding carboxylic acids is 1. The molecule has 0 unspecified atom stereocenters. The Hall–Kier alpha value is -2.87. The molecule has 0 saturated carbocycles. The summed E-state index contributed by atoms with van der Waals surface area (Å²) in [6, 6.07) is 13.7. The summed E-state index contributed by atoms with van der Waals surface area (Å²) in [5, 5.41) is 2.75. The average Bonchev–Trinajstić information content (AvgIpc) is 2.86. The molecule has 0 spiro atoms. The Balaban J connectivity index is 1.65. The zero-order chi connectivity index (χ0) is 17.9. The van der Waals surface area contributed by atoms with Gasteiger partial charge in [0.25, 0.3) is 10.0 Å². The number of amidine groups is 1. The number of hydrogen-bond acceptors (Lipinski definition) is 5. The molecule has 0 radical (unpaired) electrons. The van der Waals surface area contributed by atoms with Crippen LogP contribution in [-0.4, -0.2) is 33.8 Å². The smallest absolute Gasteiger partial charge is 0.263 e. The van der Waals surface area contributed by atoms with Gasteiger partial charge in [-0.1, -0.05) is 24.3 Å². The molecule has 1 amide bonds. The number of aliphatic imine (C=N–C) groups is 1. The number of para-hydroxylation sites is 2. The highest BCUT2D eigenvalue weighted by Gasteiger charge is 2.29. The molecule has 2 aromatic carbocycles. The lowest BCUT2D eigenvalue weighted by Crippen LogP contribution is -2.23. The number of benzene rings is 2. The first-order chi connectivity index (χ1) is 12.0. The lowest BCUT2D eigenvalue weighted by molar-refractivity contribution is -0.116. The molecule has 2 N–H and O–H groups in total. The summed E-state index contributed by atoms with van der Waals surface area (Å²) >= 11 is 0. The maximum atomic E-state index is 12.1. The molecule has 0 aromatic heterocycles. The van der Waals surface area contributed by atoms with Gasteiger partial charge in [-0.05, 0) is 24.3 Å². The van der Waals surface area contributed by atoms with E-state index in [1.807, 2.05) is 6.07 Å². The van der Waals surface area contributed by atoms with E-state index in [-0.39, 0.29) is 29.6 Å². The number of nitrogens with zero attached hydrogens (tertiary/aromatic N) is 1. The number of nitrogens with one attached hydrogen (secondary N) is 2. The van der Waals surface area contributed by atoms with Crippen molar-refractivity contribution in [3.63, 3.8) is 0 Å². The first kappa shape index (κ1) is 17.0. The van der Waals surface area contributed by atoms with Crippen LogP contribution in [0.15, 0.2) is 58.4 Å². The van der Waals surface area contributed by atoms with Gasteiger partial charge < -0.3 is 10.1 Å². The lowest BCUT2D eigenvalue weighted by Gasteiger charge is -2.09. The van der Waals surface area contributed by atoms with Crippen LogP contribution < -0.4 is 14.8 Å². The Morgan fingerprint density at radius 3 is 2.68 bits per heavy atom. The van der Waals surface area contributed by atoms with Crippen molar-refractivity contribution in [1.82, 2.24) is 4.72 Å². The topological polar surface area (TPSA) is 96.9 Å². The highest BCUT2D eigenvalue weighted by atomic mass is 32.2. The van der Waals surface area contributed by atoms with Crippen molar-refractivity contribution in [3.8, 4) is 5.75 Å². The monoisotopic (exact) mass is 359 g/mol. The Morgan fingerprint density at radius 2 is 1.88 bits per heavy atom. The van der Waals surface area contributed by atoms with Crippen molar-refractivity contribution in [2.24, 2.45) is 4.99 Å². The molecule has 0 bridgehead atoms. The second-order valence-corrected chi connectivity index (χ2v) is 6.98. The summed E-state index contributed by atoms with van der Waals surface area (Å²) in [5.74, 6) is 0.600. The van der Waals surface area contributed by atoms with Crippen molar-refractivity contribution in [2.45, 2.75) is 11.3 Å². The Labute approximate surface area is 145 Å². The third-order valence-electron chi connectivity index (χ3n) is 3.65. The number of amides is 1. The number of carbonyl (C=O) groups is 1. The van der Waals surface area contributed by atoms with E-state index in [4.69, 9.17) is 4.74 Å². The number of rotatable bonds is 5. The fraction of sp³-hybridized carbons (Fsp3) is 0.176. The van der Waals surface area contributed by atoms with Crippen LogP contribution in [-0.2, 0) is 14.8 Å². The second kappa shape index (κ2) is 6.94. The standard InChI is InChI=1S/C17H17N3O4S/c1-24-14-8-4-3-7-13(14)19-16(21)10-11-18-17-12-6-2-5-9-15(12)25(22,23)20-17/h2-9H,10-11H2,1H3,(H,18,20)(H,19,21). The Bertz CT molecular complexity index is 938. The van der Waals surface area contributed by atoms with Gasteiger partial charge in [-0.2, -0.15) is 0 Å². The summed E-state index contributed by atoms with van der Waals surface area (Å²) in [6.45, 7) is 0.160. The van der Waals surface area contributed by atoms with Gasteiger partial charge in [-0.3, -0.25) is 14.5 Å². The van der Waals surface area contributed by atoms with E-state index in [2.05, 4.69) is 15.0 Å². The van der Waals surface area contributed by atoms with Crippen LogP contribution in [0.3, 0.4) is 0 Å². The molecule has 0 aliphatic carbocycles. The lowest BCUT2D eigenvalue weighted by atomic mass is 10.2. The van der Waals surface area contributed by atoms with Gasteiger partial charge >= 0.3 is 0 Å². The van der Waals surface area contributed by atoms with Gasteiger partial charge in [0.2, 0.25) is 5.91 Å². The highest BCUT2D eigenvalue weighted by Crippen LogP contribution is 2.23. The predicted octanol–water partition coefficient (Wildman–Crippen LogP) is 1.76. The largest absolute Gasteiger partial charge is 0.495 e. The van der Waals surface area contributed by atoms with Crippen molar-refractivity contribution >= 4 is 27.5 Å². The van der Waals surface area contributed by atoms with Crippen LogP contribution in [0, 0.1) is 0 Å². The van der Waals surface area contributed by atoms with E-state index in [0.717, 1.165) is 0 Å². The Morgan fingerprint density at radius 1 is 1.16 bits per heavy atom. The van der Waals surface area contributed by atoms with E-state index in [1.54, 1.807) is 36.4 Å². The zero-order valence-corrected chi connectivity index (χ0v) is 14.3. The molecule has 0 saturated heterocycles. The molecule has 1 heterocycles. The van der Waals surface area contributed by atoms with Crippen LogP contribution in [0.25, 0.3) is 0 Å². The zero-order valence-electron chi connectivity index (χ0n) is 13.5. The first-order valence-corrected chi connectivity index (χ1v) is 9.09. The van der Waals surface area contributed by atoms with Gasteiger partial charge in [-0.15, -0.1) is 0 Å². The number of fused-ring (bicyclic) bond motifs is 1. The minimum atomic E-state index is -3.56. The molecule has 25 heavy (non-hydrogen) atoms. The molecule has 0 fully saturated rings. The van der Waals surface area contributed by atoms with Gasteiger partial charge in [0, 0.05) is 12.0 Å². The fourth-order valence-electron chi connectivity index (χ4n) is 2.48. The molecule has 1 aliphatic heterocycles. The molecule has 1 aliphatic rings. The van der Waals surface area contributed by atoms with Gasteiger partial charge in [0.05, 0.1) is 24.2 Å². The number of hydrogen-bond donors (Lipinski definition) is 2. The van der Waals surface area contributed by atoms with Crippen LogP contribution in [0.5, 0.6) is 5.75 Å². The van der Waals surface area contributed by atoms with Crippen LogP contribution in [0.2, 0.25) is 0 Å². The summed E-state index contributed by atoms with van der Waals surface area (Å²) in [6.07, 6.45) is 0.117. The van der Waals surface area contributed by atoms with Crippen LogP contribution >= 0.6 is 0 Å². The number of anilines is 1. The maximum Gasteiger partial charge on any atom is 0.263 e. The van der Waals surface area contributed by atoms with E-state index >= 15 is 0 Å². The SMILES string of the molecule is COc1ccccc1NC(=O)CCN=C1NS(=O)(=O)c2ccccc21. The molecule has 130 valence electrons. The molecule has 3 rings (SSSR count). The second-order valence-electron chi connectivity index (χ2n) is 5.33. The molecular weight excluding hydrogens is 342 g/mol. The first-order valence-electron chi connectivity index (χ1n) is 7.61. The normalized spacial score (nSPS) is 16.1. The summed E-state index contributed by atoms with van der Waals surface area (Å²) in [5.41, 5.74) is 1.10. The van der Waals surface area contributed by atoms with Gasteiger partial charge in [0.15, 0.2) is 0 Å². The molecule has 2 aromatic rings. The third kappa shape index (κ3) is 3.63. The molecule has 0 atom stereocenters. The van der Waals surface area contributed by atoms with Crippen LogP contribution in [0.1, 0.15) is 12.0 Å². The highest BCUT2D eigenvalue weighted by molar-refractivity contribution is 7.90. The van der Waals surface area contributed by atoms with Crippen molar-refractivity contribution in [2.75, 3.05) is 19.0 Å². The van der Waals surface area contributed by atoms with E-state index in [0.29, 0.717) is 17.0 Å². The average molecular weight is 359 g/mol. The molecule has 7 nitrogen and oxygen atoms in total. The summed E-state index contributed by atoms with van der Waals surface area (Å²) < 4.78 is 31.6. The Kier molecular flexibility index (Phi) is 4.71. The van der Waals surface area contributed by atoms with Gasteiger partial charge in [0.1, 0.15) is 11.6 Å². The summed E-state index contributed by atoms with van der Waals surface area (Å²) in [4.78, 5) is 16.5. The predicted molar refractivity (Wildman–Crippen MR) is 94.4 cm³/mol. The molecule has 8 heteroatoms. The van der Waals surface area contributed by atoms with Crippen molar-refractivity contribution < 1.29 is 17.9 Å². The molecular formula is C17H17N3O4S. The minimum absolute atomic E-state index is 0.117. The van der Waals surface area contributed by atoms with E-state index in [9.17, 15) is 13.2 Å². The van der Waals surface area contributed by atoms with Crippen molar-refractivity contribution in [1.29, 1.82) is 0 Å². The van der Waals surface area contributed by atoms with Crippen LogP contribution in [0.4, 0.5) is 5.69 Å². The fourth-order valence-corrected chi connectivity index (χ4v) is 3.73. The number of ether oxygens (including phenoxy) is 1. The van der Waals surface area contributed by atoms with Crippen molar-refractivity contribution in [3.05, 3.63) is 54.1 Å². The minimum Gasteiger partial charge on any atom is -0.495 e. The number of methoxy groups -OCH3 is 1. The van der Waals surface area contributed by atoms with E-state index in [1.165, 1.54) is 13.2 Å². The third-order valence-corrected chi connectivity index (χ3v) is 5.05. The number of sulfonamides is 1. The summed E-state index contributed by atoms with van der Waals surface area (Å²) in [7, 11) is -2.03.